The number of ether oxygens (including phenoxy) is 1. The van der Waals surface area contributed by atoms with Crippen molar-refractivity contribution in [3.63, 3.8) is 0 Å². The van der Waals surface area contributed by atoms with Crippen LogP contribution in [0.5, 0.6) is 5.75 Å². The van der Waals surface area contributed by atoms with E-state index in [9.17, 15) is 13.9 Å². The maximum absolute atomic E-state index is 13.1. The lowest BCUT2D eigenvalue weighted by molar-refractivity contribution is 0.165. The van der Waals surface area contributed by atoms with Crippen LogP contribution < -0.4 is 4.74 Å². The fourth-order valence-corrected chi connectivity index (χ4v) is 2.23. The zero-order chi connectivity index (χ0) is 15.2. The molecule has 0 heterocycles. The van der Waals surface area contributed by atoms with Crippen LogP contribution in [-0.4, -0.2) is 18.3 Å². The molecule has 2 aromatic carbocycles. The number of aliphatic hydroxyl groups is 1. The third-order valence-electron chi connectivity index (χ3n) is 3.32. The van der Waals surface area contributed by atoms with Crippen LogP contribution in [-0.2, 0) is 12.8 Å². The van der Waals surface area contributed by atoms with Gasteiger partial charge in [-0.3, -0.25) is 0 Å². The van der Waals surface area contributed by atoms with Gasteiger partial charge in [0.1, 0.15) is 17.4 Å². The summed E-state index contributed by atoms with van der Waals surface area (Å²) in [6, 6.07) is 10.9. The Balaban J connectivity index is 1.87. The molecule has 2 aromatic rings. The predicted octanol–water partition coefficient (Wildman–Crippen LogP) is 3.51. The molecule has 2 rings (SSSR count). The molecule has 0 aliphatic heterocycles. The van der Waals surface area contributed by atoms with Crippen molar-refractivity contribution in [2.75, 3.05) is 7.11 Å². The average molecular weight is 292 g/mol. The summed E-state index contributed by atoms with van der Waals surface area (Å²) < 4.78 is 31.2. The van der Waals surface area contributed by atoms with Crippen LogP contribution >= 0.6 is 0 Å². The van der Waals surface area contributed by atoms with Gasteiger partial charge in [0.2, 0.25) is 0 Å². The Morgan fingerprint density at radius 3 is 2.19 bits per heavy atom. The van der Waals surface area contributed by atoms with Crippen molar-refractivity contribution in [3.8, 4) is 5.75 Å². The summed E-state index contributed by atoms with van der Waals surface area (Å²) >= 11 is 0. The molecule has 0 fully saturated rings. The van der Waals surface area contributed by atoms with Crippen LogP contribution in [0.2, 0.25) is 0 Å². The number of methoxy groups -OCH3 is 1. The van der Waals surface area contributed by atoms with E-state index in [2.05, 4.69) is 0 Å². The van der Waals surface area contributed by atoms with E-state index in [-0.39, 0.29) is 6.42 Å². The minimum absolute atomic E-state index is 0.241. The largest absolute Gasteiger partial charge is 0.497 e. The number of aliphatic hydroxyl groups excluding tert-OH is 1. The number of hydrogen-bond donors (Lipinski definition) is 1. The highest BCUT2D eigenvalue weighted by Gasteiger charge is 2.08. The maximum Gasteiger partial charge on any atom is 0.126 e. The normalized spacial score (nSPS) is 12.2. The highest BCUT2D eigenvalue weighted by Crippen LogP contribution is 2.15. The number of benzene rings is 2. The average Bonchev–Trinajstić information content (AvgIpc) is 2.44. The Morgan fingerprint density at radius 1 is 1.00 bits per heavy atom. The molecule has 21 heavy (non-hydrogen) atoms. The zero-order valence-corrected chi connectivity index (χ0v) is 11.9. The summed E-state index contributed by atoms with van der Waals surface area (Å²) in [7, 11) is 1.61. The van der Waals surface area contributed by atoms with Crippen molar-refractivity contribution in [1.82, 2.24) is 0 Å². The summed E-state index contributed by atoms with van der Waals surface area (Å²) in [4.78, 5) is 0. The second-order valence-electron chi connectivity index (χ2n) is 5.02. The molecule has 0 amide bonds. The molecular weight excluding hydrogens is 274 g/mol. The van der Waals surface area contributed by atoms with Gasteiger partial charge in [0.05, 0.1) is 13.2 Å². The molecule has 0 aromatic heterocycles. The van der Waals surface area contributed by atoms with Gasteiger partial charge in [-0.25, -0.2) is 8.78 Å². The van der Waals surface area contributed by atoms with Gasteiger partial charge in [0, 0.05) is 6.07 Å². The van der Waals surface area contributed by atoms with Crippen LogP contribution in [0.3, 0.4) is 0 Å². The standard InChI is InChI=1S/C17H18F2O2/c1-21-17-6-3-12(4-7-17)2-5-16(20)10-13-8-14(18)11-15(19)9-13/h3-4,6-9,11,16,20H,2,5,10H2,1H3. The van der Waals surface area contributed by atoms with Crippen molar-refractivity contribution in [2.24, 2.45) is 0 Å². The first-order chi connectivity index (χ1) is 10.1. The molecule has 0 saturated carbocycles. The first kappa shape index (κ1) is 15.4. The van der Waals surface area contributed by atoms with E-state index in [1.165, 1.54) is 12.1 Å². The van der Waals surface area contributed by atoms with E-state index in [4.69, 9.17) is 4.74 Å². The van der Waals surface area contributed by atoms with Crippen molar-refractivity contribution in [3.05, 3.63) is 65.2 Å². The molecule has 0 saturated heterocycles. The maximum atomic E-state index is 13.1. The van der Waals surface area contributed by atoms with Crippen molar-refractivity contribution in [2.45, 2.75) is 25.4 Å². The Bertz CT molecular complexity index is 562. The van der Waals surface area contributed by atoms with Gasteiger partial charge in [-0.2, -0.15) is 0 Å². The molecule has 0 spiro atoms. The van der Waals surface area contributed by atoms with Crippen LogP contribution in [0.1, 0.15) is 17.5 Å². The first-order valence-corrected chi connectivity index (χ1v) is 6.83. The first-order valence-electron chi connectivity index (χ1n) is 6.83. The molecule has 0 aliphatic carbocycles. The van der Waals surface area contributed by atoms with E-state index in [1.807, 2.05) is 24.3 Å². The van der Waals surface area contributed by atoms with E-state index >= 15 is 0 Å². The minimum Gasteiger partial charge on any atom is -0.497 e. The van der Waals surface area contributed by atoms with Gasteiger partial charge in [0.15, 0.2) is 0 Å². The van der Waals surface area contributed by atoms with E-state index < -0.39 is 17.7 Å². The zero-order valence-electron chi connectivity index (χ0n) is 11.9. The third-order valence-corrected chi connectivity index (χ3v) is 3.32. The summed E-state index contributed by atoms with van der Waals surface area (Å²) in [5.41, 5.74) is 1.55. The Morgan fingerprint density at radius 2 is 1.62 bits per heavy atom. The van der Waals surface area contributed by atoms with Crippen molar-refractivity contribution in [1.29, 1.82) is 0 Å². The summed E-state index contributed by atoms with van der Waals surface area (Å²) in [5.74, 6) is -0.450. The second-order valence-corrected chi connectivity index (χ2v) is 5.02. The van der Waals surface area contributed by atoms with Crippen LogP contribution in [0.25, 0.3) is 0 Å². The van der Waals surface area contributed by atoms with E-state index in [0.717, 1.165) is 17.4 Å². The lowest BCUT2D eigenvalue weighted by Gasteiger charge is -2.11. The fourth-order valence-electron chi connectivity index (χ4n) is 2.23. The number of halogens is 2. The van der Waals surface area contributed by atoms with Crippen LogP contribution in [0.15, 0.2) is 42.5 Å². The molecule has 1 atom stereocenters. The molecule has 0 radical (unpaired) electrons. The van der Waals surface area contributed by atoms with Gasteiger partial charge < -0.3 is 9.84 Å². The number of rotatable bonds is 6. The number of aryl methyl sites for hydroxylation is 1. The molecule has 1 N–H and O–H groups in total. The van der Waals surface area contributed by atoms with Gasteiger partial charge >= 0.3 is 0 Å². The van der Waals surface area contributed by atoms with E-state index in [1.54, 1.807) is 7.11 Å². The lowest BCUT2D eigenvalue weighted by Crippen LogP contribution is -2.12. The summed E-state index contributed by atoms with van der Waals surface area (Å²) in [5, 5.41) is 9.98. The van der Waals surface area contributed by atoms with Gasteiger partial charge in [-0.15, -0.1) is 0 Å². The van der Waals surface area contributed by atoms with Crippen LogP contribution in [0, 0.1) is 11.6 Å². The van der Waals surface area contributed by atoms with Crippen molar-refractivity contribution < 1.29 is 18.6 Å². The number of hydrogen-bond acceptors (Lipinski definition) is 2. The smallest absolute Gasteiger partial charge is 0.126 e. The third kappa shape index (κ3) is 4.83. The second kappa shape index (κ2) is 7.18. The quantitative estimate of drug-likeness (QED) is 0.883. The van der Waals surface area contributed by atoms with Crippen molar-refractivity contribution >= 4 is 0 Å². The molecule has 0 aliphatic rings. The Kier molecular flexibility index (Phi) is 5.28. The lowest BCUT2D eigenvalue weighted by atomic mass is 10.0. The van der Waals surface area contributed by atoms with Gasteiger partial charge in [-0.05, 0) is 54.7 Å². The molecule has 112 valence electrons. The summed E-state index contributed by atoms with van der Waals surface area (Å²) in [6.45, 7) is 0. The molecule has 1 unspecified atom stereocenters. The Labute approximate surface area is 123 Å². The monoisotopic (exact) mass is 292 g/mol. The van der Waals surface area contributed by atoms with Gasteiger partial charge in [0.25, 0.3) is 0 Å². The minimum atomic E-state index is -0.631. The Hall–Kier alpha value is -1.94. The molecule has 4 heteroatoms. The van der Waals surface area contributed by atoms with Crippen LogP contribution in [0.4, 0.5) is 8.78 Å². The summed E-state index contributed by atoms with van der Waals surface area (Å²) in [6.07, 6.45) is 0.839. The predicted molar refractivity (Wildman–Crippen MR) is 77.4 cm³/mol. The molecule has 0 bridgehead atoms. The fraction of sp³-hybridized carbons (Fsp3) is 0.294. The molecular formula is C17H18F2O2. The molecule has 2 nitrogen and oxygen atoms in total. The highest BCUT2D eigenvalue weighted by atomic mass is 19.1. The highest BCUT2D eigenvalue weighted by molar-refractivity contribution is 5.27. The SMILES string of the molecule is COc1ccc(CCC(O)Cc2cc(F)cc(F)c2)cc1. The van der Waals surface area contributed by atoms with E-state index in [0.29, 0.717) is 18.4 Å². The van der Waals surface area contributed by atoms with Gasteiger partial charge in [-0.1, -0.05) is 12.1 Å². The topological polar surface area (TPSA) is 29.5 Å².